The van der Waals surface area contributed by atoms with Gasteiger partial charge in [-0.25, -0.2) is 4.79 Å². The standard InChI is InChI=1S/C16H20ClN5OS/c1-10-6-7-12(17)9-13(10)18-14(23)19-15-20-21-16(24-15)22-8-4-3-5-11(22)2/h6-7,9,11H,3-5,8H2,1-2H3,(H2,18,19,20,23). The highest BCUT2D eigenvalue weighted by molar-refractivity contribution is 7.19. The Morgan fingerprint density at radius 2 is 2.17 bits per heavy atom. The van der Waals surface area contributed by atoms with E-state index in [0.29, 0.717) is 21.9 Å². The molecule has 1 aromatic carbocycles. The minimum atomic E-state index is -0.352. The Balaban J connectivity index is 1.64. The van der Waals surface area contributed by atoms with Crippen molar-refractivity contribution in [3.63, 3.8) is 0 Å². The topological polar surface area (TPSA) is 70.1 Å². The van der Waals surface area contributed by atoms with Crippen LogP contribution in [0.3, 0.4) is 0 Å². The number of aromatic nitrogens is 2. The molecule has 1 fully saturated rings. The van der Waals surface area contributed by atoms with Crippen LogP contribution in [0.1, 0.15) is 31.7 Å². The molecule has 0 spiro atoms. The molecule has 1 unspecified atom stereocenters. The zero-order chi connectivity index (χ0) is 17.1. The number of aryl methyl sites for hydroxylation is 1. The first-order valence-electron chi connectivity index (χ1n) is 7.97. The molecule has 2 heterocycles. The van der Waals surface area contributed by atoms with Crippen LogP contribution in [0.15, 0.2) is 18.2 Å². The number of carbonyl (C=O) groups is 1. The van der Waals surface area contributed by atoms with Crippen molar-refractivity contribution in [3.8, 4) is 0 Å². The fourth-order valence-corrected chi connectivity index (χ4v) is 3.78. The molecular weight excluding hydrogens is 346 g/mol. The van der Waals surface area contributed by atoms with Crippen molar-refractivity contribution in [2.75, 3.05) is 22.1 Å². The lowest BCUT2D eigenvalue weighted by molar-refractivity contribution is 0.262. The van der Waals surface area contributed by atoms with Gasteiger partial charge in [-0.3, -0.25) is 5.32 Å². The van der Waals surface area contributed by atoms with E-state index >= 15 is 0 Å². The lowest BCUT2D eigenvalue weighted by atomic mass is 10.1. The molecule has 2 aromatic rings. The third kappa shape index (κ3) is 3.96. The van der Waals surface area contributed by atoms with Crippen molar-refractivity contribution >= 4 is 44.9 Å². The number of rotatable bonds is 3. The monoisotopic (exact) mass is 365 g/mol. The van der Waals surface area contributed by atoms with Gasteiger partial charge in [0, 0.05) is 23.3 Å². The second-order valence-corrected chi connectivity index (χ2v) is 7.36. The van der Waals surface area contributed by atoms with Crippen LogP contribution in [0, 0.1) is 6.92 Å². The zero-order valence-corrected chi connectivity index (χ0v) is 15.2. The second kappa shape index (κ2) is 7.36. The van der Waals surface area contributed by atoms with Gasteiger partial charge in [-0.1, -0.05) is 29.0 Å². The van der Waals surface area contributed by atoms with E-state index in [1.54, 1.807) is 12.1 Å². The van der Waals surface area contributed by atoms with Crippen molar-refractivity contribution in [1.29, 1.82) is 0 Å². The Labute approximate surface area is 150 Å². The summed E-state index contributed by atoms with van der Waals surface area (Å²) in [5, 5.41) is 15.7. The van der Waals surface area contributed by atoms with Crippen molar-refractivity contribution in [1.82, 2.24) is 10.2 Å². The molecule has 0 bridgehead atoms. The summed E-state index contributed by atoms with van der Waals surface area (Å²) in [6.07, 6.45) is 3.58. The normalized spacial score (nSPS) is 17.6. The number of hydrogen-bond donors (Lipinski definition) is 2. The van der Waals surface area contributed by atoms with Gasteiger partial charge in [-0.05, 0) is 50.8 Å². The molecule has 1 atom stereocenters. The van der Waals surface area contributed by atoms with Crippen LogP contribution in [-0.2, 0) is 0 Å². The van der Waals surface area contributed by atoms with Gasteiger partial charge < -0.3 is 10.2 Å². The molecule has 2 N–H and O–H groups in total. The average Bonchev–Trinajstić information content (AvgIpc) is 2.99. The molecule has 24 heavy (non-hydrogen) atoms. The first-order valence-corrected chi connectivity index (χ1v) is 9.16. The molecule has 0 radical (unpaired) electrons. The van der Waals surface area contributed by atoms with Crippen molar-refractivity contribution in [2.24, 2.45) is 0 Å². The zero-order valence-electron chi connectivity index (χ0n) is 13.7. The Morgan fingerprint density at radius 1 is 1.33 bits per heavy atom. The maximum absolute atomic E-state index is 12.2. The number of nitrogens with zero attached hydrogens (tertiary/aromatic N) is 3. The number of anilines is 3. The average molecular weight is 366 g/mol. The molecule has 1 aromatic heterocycles. The summed E-state index contributed by atoms with van der Waals surface area (Å²) in [6.45, 7) is 5.10. The number of halogens is 1. The van der Waals surface area contributed by atoms with Gasteiger partial charge >= 0.3 is 6.03 Å². The quantitative estimate of drug-likeness (QED) is 0.838. The molecule has 6 nitrogen and oxygen atoms in total. The molecule has 2 amide bonds. The summed E-state index contributed by atoms with van der Waals surface area (Å²) in [6, 6.07) is 5.48. The van der Waals surface area contributed by atoms with E-state index in [2.05, 4.69) is 32.7 Å². The minimum absolute atomic E-state index is 0.352. The minimum Gasteiger partial charge on any atom is -0.344 e. The summed E-state index contributed by atoms with van der Waals surface area (Å²) in [5.74, 6) is 0. The Kier molecular flexibility index (Phi) is 5.20. The predicted octanol–water partition coefficient (Wildman–Crippen LogP) is 4.52. The molecule has 1 saturated heterocycles. The van der Waals surface area contributed by atoms with Crippen molar-refractivity contribution in [3.05, 3.63) is 28.8 Å². The van der Waals surface area contributed by atoms with Crippen LogP contribution in [0.4, 0.5) is 20.7 Å². The van der Waals surface area contributed by atoms with Crippen LogP contribution in [-0.4, -0.2) is 28.8 Å². The lowest BCUT2D eigenvalue weighted by Crippen LogP contribution is -2.37. The van der Waals surface area contributed by atoms with Crippen molar-refractivity contribution in [2.45, 2.75) is 39.2 Å². The van der Waals surface area contributed by atoms with Gasteiger partial charge in [0.25, 0.3) is 0 Å². The maximum Gasteiger partial charge on any atom is 0.325 e. The Hall–Kier alpha value is -1.86. The first-order chi connectivity index (χ1) is 11.5. The van der Waals surface area contributed by atoms with E-state index in [9.17, 15) is 4.79 Å². The van der Waals surface area contributed by atoms with E-state index < -0.39 is 0 Å². The Bertz CT molecular complexity index is 735. The number of hydrogen-bond acceptors (Lipinski definition) is 5. The molecule has 0 saturated carbocycles. The number of nitrogens with one attached hydrogen (secondary N) is 2. The smallest absolute Gasteiger partial charge is 0.325 e. The number of amides is 2. The second-order valence-electron chi connectivity index (χ2n) is 5.97. The fraction of sp³-hybridized carbons (Fsp3) is 0.438. The number of urea groups is 1. The van der Waals surface area contributed by atoms with Crippen LogP contribution in [0.2, 0.25) is 5.02 Å². The van der Waals surface area contributed by atoms with Gasteiger partial charge in [0.2, 0.25) is 10.3 Å². The number of carbonyl (C=O) groups excluding carboxylic acids is 1. The number of piperidine rings is 1. The predicted molar refractivity (Wildman–Crippen MR) is 99.4 cm³/mol. The third-order valence-electron chi connectivity index (χ3n) is 4.13. The Morgan fingerprint density at radius 3 is 2.96 bits per heavy atom. The molecular formula is C16H20ClN5OS. The summed E-state index contributed by atoms with van der Waals surface area (Å²) in [4.78, 5) is 14.4. The molecule has 1 aliphatic rings. The summed E-state index contributed by atoms with van der Waals surface area (Å²) >= 11 is 7.36. The van der Waals surface area contributed by atoms with Gasteiger partial charge in [-0.15, -0.1) is 10.2 Å². The molecule has 1 aliphatic heterocycles. The van der Waals surface area contributed by atoms with Crippen LogP contribution in [0.25, 0.3) is 0 Å². The van der Waals surface area contributed by atoms with Gasteiger partial charge in [-0.2, -0.15) is 0 Å². The third-order valence-corrected chi connectivity index (χ3v) is 5.24. The maximum atomic E-state index is 12.2. The fourth-order valence-electron chi connectivity index (χ4n) is 2.74. The summed E-state index contributed by atoms with van der Waals surface area (Å²) < 4.78 is 0. The molecule has 128 valence electrons. The van der Waals surface area contributed by atoms with E-state index in [-0.39, 0.29) is 6.03 Å². The van der Waals surface area contributed by atoms with Crippen molar-refractivity contribution < 1.29 is 4.79 Å². The van der Waals surface area contributed by atoms with E-state index in [0.717, 1.165) is 23.7 Å². The SMILES string of the molecule is Cc1ccc(Cl)cc1NC(=O)Nc1nnc(N2CCCCC2C)s1. The highest BCUT2D eigenvalue weighted by atomic mass is 35.5. The van der Waals surface area contributed by atoms with E-state index in [4.69, 9.17) is 11.6 Å². The van der Waals surface area contributed by atoms with Gasteiger partial charge in [0.1, 0.15) is 0 Å². The van der Waals surface area contributed by atoms with E-state index in [1.165, 1.54) is 24.2 Å². The van der Waals surface area contributed by atoms with Gasteiger partial charge in [0.05, 0.1) is 0 Å². The van der Waals surface area contributed by atoms with Crippen LogP contribution in [0.5, 0.6) is 0 Å². The number of benzene rings is 1. The van der Waals surface area contributed by atoms with Crippen LogP contribution >= 0.6 is 22.9 Å². The van der Waals surface area contributed by atoms with E-state index in [1.807, 2.05) is 13.0 Å². The highest BCUT2D eigenvalue weighted by Gasteiger charge is 2.22. The van der Waals surface area contributed by atoms with Crippen LogP contribution < -0.4 is 15.5 Å². The summed E-state index contributed by atoms with van der Waals surface area (Å²) in [5.41, 5.74) is 1.61. The molecule has 0 aliphatic carbocycles. The molecule has 8 heteroatoms. The van der Waals surface area contributed by atoms with Gasteiger partial charge in [0.15, 0.2) is 0 Å². The lowest BCUT2D eigenvalue weighted by Gasteiger charge is -2.32. The largest absolute Gasteiger partial charge is 0.344 e. The highest BCUT2D eigenvalue weighted by Crippen LogP contribution is 2.29. The molecule has 3 rings (SSSR count). The summed E-state index contributed by atoms with van der Waals surface area (Å²) in [7, 11) is 0. The first kappa shape index (κ1) is 17.0.